The summed E-state index contributed by atoms with van der Waals surface area (Å²) in [5.41, 5.74) is -1.06. The lowest BCUT2D eigenvalue weighted by Crippen LogP contribution is -2.15. The van der Waals surface area contributed by atoms with E-state index in [0.29, 0.717) is 6.07 Å². The van der Waals surface area contributed by atoms with Crippen LogP contribution in [0.25, 0.3) is 0 Å². The van der Waals surface area contributed by atoms with Crippen molar-refractivity contribution in [3.63, 3.8) is 0 Å². The van der Waals surface area contributed by atoms with Crippen LogP contribution in [0.15, 0.2) is 18.2 Å². The van der Waals surface area contributed by atoms with Gasteiger partial charge >= 0.3 is 16.5 Å². The zero-order valence-electron chi connectivity index (χ0n) is 8.16. The van der Waals surface area contributed by atoms with Gasteiger partial charge in [-0.3, -0.25) is 4.18 Å². The fraction of sp³-hybridized carbons (Fsp3) is 0.250. The molecule has 2 N–H and O–H groups in total. The van der Waals surface area contributed by atoms with Crippen LogP contribution < -0.4 is 5.14 Å². The van der Waals surface area contributed by atoms with E-state index in [9.17, 15) is 21.6 Å². The van der Waals surface area contributed by atoms with Gasteiger partial charge in [0.25, 0.3) is 0 Å². The van der Waals surface area contributed by atoms with Crippen molar-refractivity contribution in [2.75, 3.05) is 0 Å². The van der Waals surface area contributed by atoms with Gasteiger partial charge in [-0.05, 0) is 17.7 Å². The Bertz CT molecular complexity index is 515. The highest BCUT2D eigenvalue weighted by Gasteiger charge is 2.33. The number of hydrogen-bond acceptors (Lipinski definition) is 3. The molecule has 9 heteroatoms. The van der Waals surface area contributed by atoms with Crippen molar-refractivity contribution in [1.29, 1.82) is 0 Å². The molecule has 1 aromatic rings. The average molecular weight is 290 g/mol. The van der Waals surface area contributed by atoms with Crippen LogP contribution in [0.3, 0.4) is 0 Å². The number of nitrogens with two attached hydrogens (primary N) is 1. The van der Waals surface area contributed by atoms with Crippen LogP contribution in [-0.2, 0) is 27.3 Å². The molecule has 0 bridgehead atoms. The summed E-state index contributed by atoms with van der Waals surface area (Å²) < 4.78 is 62.4. The van der Waals surface area contributed by atoms with E-state index in [1.54, 1.807) is 0 Å². The van der Waals surface area contributed by atoms with E-state index >= 15 is 0 Å². The van der Waals surface area contributed by atoms with Gasteiger partial charge in [0.1, 0.15) is 0 Å². The molecule has 0 heterocycles. The highest BCUT2D eigenvalue weighted by Crippen LogP contribution is 2.35. The third-order valence-corrected chi connectivity index (χ3v) is 2.50. The van der Waals surface area contributed by atoms with Gasteiger partial charge in [-0.1, -0.05) is 17.7 Å². The zero-order chi connectivity index (χ0) is 13.3. The Morgan fingerprint density at radius 2 is 1.94 bits per heavy atom. The van der Waals surface area contributed by atoms with Crippen LogP contribution in [0.1, 0.15) is 11.1 Å². The van der Waals surface area contributed by atoms with Crippen molar-refractivity contribution in [2.45, 2.75) is 12.8 Å². The van der Waals surface area contributed by atoms with Gasteiger partial charge in [0.05, 0.1) is 17.2 Å². The number of benzene rings is 1. The SMILES string of the molecule is NS(=O)(=O)OCc1ccc(Cl)c(C(F)(F)F)c1. The molecule has 0 unspecified atom stereocenters. The predicted molar refractivity (Wildman–Crippen MR) is 54.4 cm³/mol. The summed E-state index contributed by atoms with van der Waals surface area (Å²) in [6.45, 7) is -0.584. The first-order chi connectivity index (χ1) is 7.59. The van der Waals surface area contributed by atoms with Crippen molar-refractivity contribution >= 4 is 21.9 Å². The smallest absolute Gasteiger partial charge is 0.253 e. The maximum Gasteiger partial charge on any atom is 0.417 e. The van der Waals surface area contributed by atoms with Crippen LogP contribution in [0.4, 0.5) is 13.2 Å². The molecule has 0 spiro atoms. The van der Waals surface area contributed by atoms with E-state index in [1.807, 2.05) is 0 Å². The van der Waals surface area contributed by atoms with E-state index in [1.165, 1.54) is 6.07 Å². The van der Waals surface area contributed by atoms with Crippen molar-refractivity contribution in [2.24, 2.45) is 5.14 Å². The van der Waals surface area contributed by atoms with Crippen molar-refractivity contribution in [3.8, 4) is 0 Å². The second-order valence-corrected chi connectivity index (χ2v) is 4.70. The second-order valence-electron chi connectivity index (χ2n) is 3.07. The molecule has 0 atom stereocenters. The summed E-state index contributed by atoms with van der Waals surface area (Å²) >= 11 is 5.37. The van der Waals surface area contributed by atoms with Gasteiger partial charge < -0.3 is 0 Å². The highest BCUT2D eigenvalue weighted by molar-refractivity contribution is 7.84. The van der Waals surface area contributed by atoms with Crippen LogP contribution >= 0.6 is 11.6 Å². The third kappa shape index (κ3) is 4.50. The maximum atomic E-state index is 12.4. The molecule has 1 rings (SSSR count). The minimum atomic E-state index is -4.62. The van der Waals surface area contributed by atoms with Crippen molar-refractivity contribution < 1.29 is 25.8 Å². The Kier molecular flexibility index (Phi) is 4.03. The maximum absolute atomic E-state index is 12.4. The van der Waals surface area contributed by atoms with E-state index in [4.69, 9.17) is 11.6 Å². The predicted octanol–water partition coefficient (Wildman–Crippen LogP) is 2.08. The molecule has 1 aromatic carbocycles. The Hall–Kier alpha value is -0.830. The van der Waals surface area contributed by atoms with E-state index in [-0.39, 0.29) is 5.56 Å². The largest absolute Gasteiger partial charge is 0.417 e. The summed E-state index contributed by atoms with van der Waals surface area (Å²) in [4.78, 5) is 0. The number of halogens is 4. The van der Waals surface area contributed by atoms with Gasteiger partial charge in [-0.2, -0.15) is 21.6 Å². The van der Waals surface area contributed by atoms with Crippen LogP contribution in [-0.4, -0.2) is 8.42 Å². The van der Waals surface area contributed by atoms with Crippen LogP contribution in [0.5, 0.6) is 0 Å². The normalized spacial score (nSPS) is 12.8. The zero-order valence-corrected chi connectivity index (χ0v) is 9.73. The van der Waals surface area contributed by atoms with Crippen LogP contribution in [0, 0.1) is 0 Å². The lowest BCUT2D eigenvalue weighted by molar-refractivity contribution is -0.137. The Morgan fingerprint density at radius 1 is 1.35 bits per heavy atom. The molecule has 4 nitrogen and oxygen atoms in total. The van der Waals surface area contributed by atoms with E-state index in [0.717, 1.165) is 6.07 Å². The van der Waals surface area contributed by atoms with Crippen molar-refractivity contribution in [3.05, 3.63) is 34.3 Å². The summed E-state index contributed by atoms with van der Waals surface area (Å²) in [6.07, 6.45) is -4.62. The molecule has 0 saturated carbocycles. The second kappa shape index (κ2) is 4.81. The fourth-order valence-corrected chi connectivity index (χ4v) is 1.55. The monoisotopic (exact) mass is 289 g/mol. The quantitative estimate of drug-likeness (QED) is 0.926. The lowest BCUT2D eigenvalue weighted by Gasteiger charge is -2.10. The molecule has 0 radical (unpaired) electrons. The molecule has 0 saturated heterocycles. The van der Waals surface area contributed by atoms with Gasteiger partial charge in [-0.15, -0.1) is 0 Å². The Balaban J connectivity index is 2.98. The van der Waals surface area contributed by atoms with Crippen LogP contribution in [0.2, 0.25) is 5.02 Å². The molecular formula is C8H7ClF3NO3S. The summed E-state index contributed by atoms with van der Waals surface area (Å²) in [6, 6.07) is 2.92. The lowest BCUT2D eigenvalue weighted by atomic mass is 10.1. The molecule has 96 valence electrons. The Labute approximate surface area is 100 Å². The third-order valence-electron chi connectivity index (χ3n) is 1.73. The summed E-state index contributed by atoms with van der Waals surface area (Å²) in [5, 5.41) is 4.06. The molecular weight excluding hydrogens is 283 g/mol. The topological polar surface area (TPSA) is 69.4 Å². The summed E-state index contributed by atoms with van der Waals surface area (Å²) in [7, 11) is -4.20. The summed E-state index contributed by atoms with van der Waals surface area (Å²) in [5.74, 6) is 0. The molecule has 0 aliphatic heterocycles. The highest BCUT2D eigenvalue weighted by atomic mass is 35.5. The molecule has 0 amide bonds. The van der Waals surface area contributed by atoms with Crippen molar-refractivity contribution in [1.82, 2.24) is 0 Å². The number of hydrogen-bond donors (Lipinski definition) is 1. The van der Waals surface area contributed by atoms with Gasteiger partial charge in [0, 0.05) is 0 Å². The molecule has 0 aliphatic carbocycles. The molecule has 17 heavy (non-hydrogen) atoms. The fourth-order valence-electron chi connectivity index (χ4n) is 1.03. The molecule has 0 aromatic heterocycles. The average Bonchev–Trinajstić information content (AvgIpc) is 2.13. The first-order valence-corrected chi connectivity index (χ1v) is 5.97. The minimum Gasteiger partial charge on any atom is -0.253 e. The standard InChI is InChI=1S/C8H7ClF3NO3S/c9-7-2-1-5(4-16-17(13,14)15)3-6(7)8(10,11)12/h1-3H,4H2,(H2,13,14,15). The molecule has 0 aliphatic rings. The van der Waals surface area contributed by atoms with Gasteiger partial charge in [-0.25, -0.2) is 5.14 Å². The number of rotatable bonds is 3. The Morgan fingerprint density at radius 3 is 2.41 bits per heavy atom. The van der Waals surface area contributed by atoms with Gasteiger partial charge in [0.2, 0.25) is 0 Å². The first-order valence-electron chi connectivity index (χ1n) is 4.12. The molecule has 0 fully saturated rings. The van der Waals surface area contributed by atoms with E-state index < -0.39 is 33.7 Å². The minimum absolute atomic E-state index is 0.00394. The van der Waals surface area contributed by atoms with E-state index in [2.05, 4.69) is 9.32 Å². The first kappa shape index (κ1) is 14.2. The van der Waals surface area contributed by atoms with Gasteiger partial charge in [0.15, 0.2) is 0 Å². The number of alkyl halides is 3.